The number of benzene rings is 1. The fraction of sp³-hybridized carbons (Fsp3) is 0.417. The van der Waals surface area contributed by atoms with Crippen LogP contribution >= 0.6 is 0 Å². The first kappa shape index (κ1) is 12.4. The van der Waals surface area contributed by atoms with Crippen molar-refractivity contribution in [2.75, 3.05) is 25.9 Å². The average molecular weight is 222 g/mol. The van der Waals surface area contributed by atoms with E-state index >= 15 is 0 Å². The minimum atomic E-state index is -0.0369. The molecular formula is C12H18N2O2. The predicted molar refractivity (Wildman–Crippen MR) is 64.7 cm³/mol. The summed E-state index contributed by atoms with van der Waals surface area (Å²) in [6.45, 7) is 5.25. The van der Waals surface area contributed by atoms with Gasteiger partial charge in [-0.05, 0) is 26.0 Å². The van der Waals surface area contributed by atoms with Gasteiger partial charge in [0, 0.05) is 24.8 Å². The standard InChI is InChI=1S/C12H18N2O2/c1-4-14(5-2)12(15)10-7-6-9(16-3)8-11(10)13/h6-8H,4-5,13H2,1-3H3. The zero-order valence-electron chi connectivity index (χ0n) is 9.99. The van der Waals surface area contributed by atoms with Crippen molar-refractivity contribution in [3.63, 3.8) is 0 Å². The van der Waals surface area contributed by atoms with E-state index in [0.29, 0.717) is 30.1 Å². The Morgan fingerprint density at radius 3 is 2.44 bits per heavy atom. The molecule has 0 heterocycles. The molecule has 0 aliphatic heterocycles. The van der Waals surface area contributed by atoms with Crippen molar-refractivity contribution in [3.05, 3.63) is 23.8 Å². The number of nitrogens with zero attached hydrogens (tertiary/aromatic N) is 1. The quantitative estimate of drug-likeness (QED) is 0.790. The number of carbonyl (C=O) groups excluding carboxylic acids is 1. The molecule has 4 nitrogen and oxygen atoms in total. The summed E-state index contributed by atoms with van der Waals surface area (Å²) in [5, 5.41) is 0. The number of methoxy groups -OCH3 is 1. The zero-order chi connectivity index (χ0) is 12.1. The third-order valence-electron chi connectivity index (χ3n) is 2.54. The Kier molecular flexibility index (Phi) is 4.17. The Morgan fingerprint density at radius 2 is 2.00 bits per heavy atom. The maximum Gasteiger partial charge on any atom is 0.255 e. The van der Waals surface area contributed by atoms with Gasteiger partial charge in [0.15, 0.2) is 0 Å². The smallest absolute Gasteiger partial charge is 0.255 e. The molecule has 1 aromatic rings. The minimum Gasteiger partial charge on any atom is -0.497 e. The van der Waals surface area contributed by atoms with E-state index in [1.165, 1.54) is 0 Å². The van der Waals surface area contributed by atoms with E-state index in [0.717, 1.165) is 0 Å². The molecule has 0 fully saturated rings. The maximum absolute atomic E-state index is 12.0. The summed E-state index contributed by atoms with van der Waals surface area (Å²) in [5.41, 5.74) is 6.80. The molecule has 0 aromatic heterocycles. The molecular weight excluding hydrogens is 204 g/mol. The molecule has 1 amide bonds. The summed E-state index contributed by atoms with van der Waals surface area (Å²) in [4.78, 5) is 13.8. The lowest BCUT2D eigenvalue weighted by Gasteiger charge is -2.19. The van der Waals surface area contributed by atoms with Gasteiger partial charge in [-0.3, -0.25) is 4.79 Å². The molecule has 4 heteroatoms. The lowest BCUT2D eigenvalue weighted by Crippen LogP contribution is -2.31. The third-order valence-corrected chi connectivity index (χ3v) is 2.54. The number of anilines is 1. The lowest BCUT2D eigenvalue weighted by atomic mass is 10.1. The van der Waals surface area contributed by atoms with Crippen LogP contribution in [0.4, 0.5) is 5.69 Å². The van der Waals surface area contributed by atoms with Crippen LogP contribution in [0.1, 0.15) is 24.2 Å². The van der Waals surface area contributed by atoms with E-state index in [1.54, 1.807) is 30.2 Å². The van der Waals surface area contributed by atoms with Crippen LogP contribution in [-0.4, -0.2) is 31.0 Å². The topological polar surface area (TPSA) is 55.6 Å². The van der Waals surface area contributed by atoms with E-state index in [9.17, 15) is 4.79 Å². The second-order valence-corrected chi connectivity index (χ2v) is 3.43. The number of carbonyl (C=O) groups is 1. The first-order valence-electron chi connectivity index (χ1n) is 5.36. The monoisotopic (exact) mass is 222 g/mol. The number of nitrogen functional groups attached to an aromatic ring is 1. The fourth-order valence-corrected chi connectivity index (χ4v) is 1.54. The van der Waals surface area contributed by atoms with Gasteiger partial charge in [-0.2, -0.15) is 0 Å². The molecule has 0 unspecified atom stereocenters. The molecule has 2 N–H and O–H groups in total. The van der Waals surface area contributed by atoms with Crippen LogP contribution in [0.5, 0.6) is 5.75 Å². The summed E-state index contributed by atoms with van der Waals surface area (Å²) in [5.74, 6) is 0.624. The number of amides is 1. The Morgan fingerprint density at radius 1 is 1.38 bits per heavy atom. The third kappa shape index (κ3) is 2.45. The van der Waals surface area contributed by atoms with Crippen molar-refractivity contribution in [1.82, 2.24) is 4.90 Å². The fourth-order valence-electron chi connectivity index (χ4n) is 1.54. The highest BCUT2D eigenvalue weighted by Gasteiger charge is 2.15. The van der Waals surface area contributed by atoms with Gasteiger partial charge in [-0.25, -0.2) is 0 Å². The Bertz CT molecular complexity index is 373. The second kappa shape index (κ2) is 5.39. The van der Waals surface area contributed by atoms with Gasteiger partial charge in [0.05, 0.1) is 12.7 Å². The van der Waals surface area contributed by atoms with Crippen LogP contribution in [0.15, 0.2) is 18.2 Å². The summed E-state index contributed by atoms with van der Waals surface area (Å²) in [6.07, 6.45) is 0. The largest absolute Gasteiger partial charge is 0.497 e. The Labute approximate surface area is 96.0 Å². The molecule has 0 radical (unpaired) electrons. The Hall–Kier alpha value is -1.71. The SMILES string of the molecule is CCN(CC)C(=O)c1ccc(OC)cc1N. The van der Waals surface area contributed by atoms with Gasteiger partial charge in [0.2, 0.25) is 0 Å². The van der Waals surface area contributed by atoms with Crippen LogP contribution in [0.3, 0.4) is 0 Å². The van der Waals surface area contributed by atoms with Gasteiger partial charge >= 0.3 is 0 Å². The highest BCUT2D eigenvalue weighted by atomic mass is 16.5. The van der Waals surface area contributed by atoms with Crippen molar-refractivity contribution in [3.8, 4) is 5.75 Å². The van der Waals surface area contributed by atoms with Crippen LogP contribution in [0.25, 0.3) is 0 Å². The highest BCUT2D eigenvalue weighted by molar-refractivity contribution is 5.99. The number of hydrogen-bond acceptors (Lipinski definition) is 3. The summed E-state index contributed by atoms with van der Waals surface area (Å²) in [7, 11) is 1.57. The lowest BCUT2D eigenvalue weighted by molar-refractivity contribution is 0.0774. The number of rotatable bonds is 4. The molecule has 0 aliphatic rings. The minimum absolute atomic E-state index is 0.0369. The van der Waals surface area contributed by atoms with Gasteiger partial charge in [-0.15, -0.1) is 0 Å². The van der Waals surface area contributed by atoms with Crippen LogP contribution < -0.4 is 10.5 Å². The van der Waals surface area contributed by atoms with Crippen molar-refractivity contribution in [2.45, 2.75) is 13.8 Å². The van der Waals surface area contributed by atoms with E-state index in [4.69, 9.17) is 10.5 Å². The second-order valence-electron chi connectivity index (χ2n) is 3.43. The first-order chi connectivity index (χ1) is 7.63. The number of hydrogen-bond donors (Lipinski definition) is 1. The van der Waals surface area contributed by atoms with Gasteiger partial charge in [0.1, 0.15) is 5.75 Å². The number of ether oxygens (including phenoxy) is 1. The summed E-state index contributed by atoms with van der Waals surface area (Å²) in [6, 6.07) is 5.11. The molecule has 16 heavy (non-hydrogen) atoms. The molecule has 0 spiro atoms. The Balaban J connectivity index is 3.00. The highest BCUT2D eigenvalue weighted by Crippen LogP contribution is 2.20. The molecule has 0 bridgehead atoms. The van der Waals surface area contributed by atoms with Crippen molar-refractivity contribution in [1.29, 1.82) is 0 Å². The van der Waals surface area contributed by atoms with Crippen LogP contribution in [0, 0.1) is 0 Å². The van der Waals surface area contributed by atoms with E-state index in [-0.39, 0.29) is 5.91 Å². The summed E-state index contributed by atoms with van der Waals surface area (Å²) >= 11 is 0. The van der Waals surface area contributed by atoms with E-state index in [1.807, 2.05) is 13.8 Å². The molecule has 0 saturated heterocycles. The molecule has 0 saturated carbocycles. The summed E-state index contributed by atoms with van der Waals surface area (Å²) < 4.78 is 5.04. The first-order valence-corrected chi connectivity index (χ1v) is 5.36. The zero-order valence-corrected chi connectivity index (χ0v) is 9.99. The van der Waals surface area contributed by atoms with E-state index < -0.39 is 0 Å². The van der Waals surface area contributed by atoms with Crippen molar-refractivity contribution >= 4 is 11.6 Å². The molecule has 0 aliphatic carbocycles. The molecule has 0 atom stereocenters. The van der Waals surface area contributed by atoms with Crippen LogP contribution in [-0.2, 0) is 0 Å². The predicted octanol–water partition coefficient (Wildman–Crippen LogP) is 1.76. The van der Waals surface area contributed by atoms with Gasteiger partial charge in [-0.1, -0.05) is 0 Å². The van der Waals surface area contributed by atoms with Crippen molar-refractivity contribution in [2.24, 2.45) is 0 Å². The molecule has 1 rings (SSSR count). The van der Waals surface area contributed by atoms with Gasteiger partial charge < -0.3 is 15.4 Å². The van der Waals surface area contributed by atoms with Crippen LogP contribution in [0.2, 0.25) is 0 Å². The normalized spacial score (nSPS) is 9.94. The number of nitrogens with two attached hydrogens (primary N) is 1. The molecule has 88 valence electrons. The van der Waals surface area contributed by atoms with E-state index in [2.05, 4.69) is 0 Å². The van der Waals surface area contributed by atoms with Crippen molar-refractivity contribution < 1.29 is 9.53 Å². The van der Waals surface area contributed by atoms with Gasteiger partial charge in [0.25, 0.3) is 5.91 Å². The maximum atomic E-state index is 12.0. The molecule has 1 aromatic carbocycles. The average Bonchev–Trinajstić information content (AvgIpc) is 2.30.